The number of rotatable bonds is 2. The van der Waals surface area contributed by atoms with Gasteiger partial charge in [-0.15, -0.1) is 0 Å². The van der Waals surface area contributed by atoms with Gasteiger partial charge >= 0.3 is 0 Å². The Morgan fingerprint density at radius 1 is 1.17 bits per heavy atom. The second kappa shape index (κ2) is 4.40. The lowest BCUT2D eigenvalue weighted by Gasteiger charge is -2.13. The number of nitrogens with two attached hydrogens (primary N) is 1. The zero-order valence-corrected chi connectivity index (χ0v) is 11.5. The first-order valence-corrected chi connectivity index (χ1v) is 6.06. The molecule has 0 radical (unpaired) electrons. The van der Waals surface area contributed by atoms with Crippen molar-refractivity contribution >= 4 is 5.82 Å². The Morgan fingerprint density at radius 3 is 2.33 bits per heavy atom. The van der Waals surface area contributed by atoms with Crippen LogP contribution in [0.4, 0.5) is 5.82 Å². The molecule has 0 unspecified atom stereocenters. The van der Waals surface area contributed by atoms with Crippen LogP contribution in [0, 0.1) is 20.8 Å². The van der Waals surface area contributed by atoms with Crippen LogP contribution in [-0.2, 0) is 0 Å². The fraction of sp³-hybridized carbons (Fsp3) is 0.462. The Hall–Kier alpha value is -1.91. The van der Waals surface area contributed by atoms with E-state index in [4.69, 9.17) is 5.73 Å². The normalized spacial score (nSPS) is 11.2. The van der Waals surface area contributed by atoms with E-state index in [0.29, 0.717) is 5.82 Å². The van der Waals surface area contributed by atoms with E-state index < -0.39 is 0 Å². The highest BCUT2D eigenvalue weighted by Crippen LogP contribution is 2.22. The minimum atomic E-state index is 0.247. The summed E-state index contributed by atoms with van der Waals surface area (Å²) in [5.41, 5.74) is 8.93. The molecular formula is C13H19N5. The van der Waals surface area contributed by atoms with Crippen molar-refractivity contribution in [1.29, 1.82) is 0 Å². The van der Waals surface area contributed by atoms with Crippen LogP contribution in [0.15, 0.2) is 6.33 Å². The SMILES string of the molecule is Cc1ncn(-c2nc(C(C)C)nc(N)c2C)c1C. The lowest BCUT2D eigenvalue weighted by atomic mass is 10.2. The van der Waals surface area contributed by atoms with Gasteiger partial charge in [-0.05, 0) is 20.8 Å². The largest absolute Gasteiger partial charge is 0.383 e. The highest BCUT2D eigenvalue weighted by Gasteiger charge is 2.14. The van der Waals surface area contributed by atoms with Crippen LogP contribution >= 0.6 is 0 Å². The summed E-state index contributed by atoms with van der Waals surface area (Å²) in [6, 6.07) is 0. The Kier molecular flexibility index (Phi) is 3.07. The highest BCUT2D eigenvalue weighted by atomic mass is 15.1. The quantitative estimate of drug-likeness (QED) is 0.881. The molecule has 5 nitrogen and oxygen atoms in total. The van der Waals surface area contributed by atoms with Crippen molar-refractivity contribution in [1.82, 2.24) is 19.5 Å². The van der Waals surface area contributed by atoms with Gasteiger partial charge < -0.3 is 5.73 Å². The summed E-state index contributed by atoms with van der Waals surface area (Å²) in [5.74, 6) is 2.37. The topological polar surface area (TPSA) is 69.6 Å². The van der Waals surface area contributed by atoms with Gasteiger partial charge in [-0.25, -0.2) is 15.0 Å². The number of hydrogen-bond acceptors (Lipinski definition) is 4. The molecule has 0 aliphatic rings. The number of nitrogen functional groups attached to an aromatic ring is 1. The van der Waals surface area contributed by atoms with Gasteiger partial charge in [0.2, 0.25) is 0 Å². The first kappa shape index (κ1) is 12.5. The van der Waals surface area contributed by atoms with Crippen LogP contribution < -0.4 is 5.73 Å². The Balaban J connectivity index is 2.67. The van der Waals surface area contributed by atoms with Crippen LogP contribution in [0.2, 0.25) is 0 Å². The van der Waals surface area contributed by atoms with E-state index in [2.05, 4.69) is 28.8 Å². The van der Waals surface area contributed by atoms with Crippen LogP contribution in [0.3, 0.4) is 0 Å². The zero-order chi connectivity index (χ0) is 13.4. The van der Waals surface area contributed by atoms with Gasteiger partial charge in [-0.3, -0.25) is 4.57 Å². The number of aryl methyl sites for hydroxylation is 1. The highest BCUT2D eigenvalue weighted by molar-refractivity contribution is 5.49. The second-order valence-electron chi connectivity index (χ2n) is 4.86. The van der Waals surface area contributed by atoms with Crippen molar-refractivity contribution in [3.8, 4) is 5.82 Å². The maximum atomic E-state index is 5.97. The van der Waals surface area contributed by atoms with Gasteiger partial charge in [0.15, 0.2) is 0 Å². The second-order valence-corrected chi connectivity index (χ2v) is 4.86. The van der Waals surface area contributed by atoms with E-state index >= 15 is 0 Å². The summed E-state index contributed by atoms with van der Waals surface area (Å²) >= 11 is 0. The first-order valence-electron chi connectivity index (χ1n) is 6.06. The molecule has 0 bridgehead atoms. The number of nitrogens with zero attached hydrogens (tertiary/aromatic N) is 4. The Labute approximate surface area is 107 Å². The van der Waals surface area contributed by atoms with Crippen molar-refractivity contribution in [3.05, 3.63) is 29.1 Å². The van der Waals surface area contributed by atoms with Crippen molar-refractivity contribution < 1.29 is 0 Å². The summed E-state index contributed by atoms with van der Waals surface area (Å²) in [6.07, 6.45) is 1.78. The third-order valence-corrected chi connectivity index (χ3v) is 3.17. The minimum Gasteiger partial charge on any atom is -0.383 e. The summed E-state index contributed by atoms with van der Waals surface area (Å²) < 4.78 is 1.97. The first-order chi connectivity index (χ1) is 8.41. The third-order valence-electron chi connectivity index (χ3n) is 3.17. The molecule has 0 aliphatic carbocycles. The van der Waals surface area contributed by atoms with Crippen molar-refractivity contribution in [2.75, 3.05) is 5.73 Å². The number of imidazole rings is 1. The summed E-state index contributed by atoms with van der Waals surface area (Å²) in [6.45, 7) is 10.0. The molecule has 0 aromatic carbocycles. The molecule has 0 spiro atoms. The van der Waals surface area contributed by atoms with Crippen molar-refractivity contribution in [3.63, 3.8) is 0 Å². The van der Waals surface area contributed by atoms with Crippen molar-refractivity contribution in [2.24, 2.45) is 0 Å². The molecule has 2 N–H and O–H groups in total. The lowest BCUT2D eigenvalue weighted by molar-refractivity contribution is 0.758. The number of aromatic nitrogens is 4. The standard InChI is InChI=1S/C13H19N5/c1-7(2)12-16-11(14)8(3)13(17-12)18-6-15-9(4)10(18)5/h6-7H,1-5H3,(H2,14,16,17). The molecule has 0 atom stereocenters. The molecule has 96 valence electrons. The van der Waals surface area contributed by atoms with Gasteiger partial charge in [-0.1, -0.05) is 13.8 Å². The van der Waals surface area contributed by atoms with E-state index in [1.165, 1.54) is 0 Å². The molecule has 5 heteroatoms. The van der Waals surface area contributed by atoms with E-state index in [0.717, 1.165) is 28.6 Å². The van der Waals surface area contributed by atoms with E-state index in [9.17, 15) is 0 Å². The number of hydrogen-bond donors (Lipinski definition) is 1. The third kappa shape index (κ3) is 1.96. The van der Waals surface area contributed by atoms with Crippen LogP contribution in [0.5, 0.6) is 0 Å². The van der Waals surface area contributed by atoms with Gasteiger partial charge in [0.1, 0.15) is 23.8 Å². The average molecular weight is 245 g/mol. The predicted octanol–water partition coefficient (Wildman–Crippen LogP) is 2.29. The molecule has 0 aliphatic heterocycles. The number of anilines is 1. The monoisotopic (exact) mass is 245 g/mol. The molecule has 0 fully saturated rings. The van der Waals surface area contributed by atoms with Gasteiger partial charge in [0.25, 0.3) is 0 Å². The Morgan fingerprint density at radius 2 is 1.83 bits per heavy atom. The van der Waals surface area contributed by atoms with Crippen LogP contribution in [0.1, 0.15) is 42.5 Å². The summed E-state index contributed by atoms with van der Waals surface area (Å²) in [7, 11) is 0. The molecule has 0 saturated heterocycles. The van der Waals surface area contributed by atoms with E-state index in [1.807, 2.05) is 25.3 Å². The molecule has 0 amide bonds. The molecule has 2 rings (SSSR count). The maximum absolute atomic E-state index is 5.97. The minimum absolute atomic E-state index is 0.247. The maximum Gasteiger partial charge on any atom is 0.146 e. The molecule has 18 heavy (non-hydrogen) atoms. The summed E-state index contributed by atoms with van der Waals surface area (Å²) in [5, 5.41) is 0. The molecular weight excluding hydrogens is 226 g/mol. The van der Waals surface area contributed by atoms with Gasteiger partial charge in [0.05, 0.1) is 5.69 Å². The fourth-order valence-electron chi connectivity index (χ4n) is 1.74. The molecule has 2 heterocycles. The van der Waals surface area contributed by atoms with Crippen LogP contribution in [-0.4, -0.2) is 19.5 Å². The van der Waals surface area contributed by atoms with Crippen molar-refractivity contribution in [2.45, 2.75) is 40.5 Å². The zero-order valence-electron chi connectivity index (χ0n) is 11.5. The molecule has 2 aromatic rings. The Bertz CT molecular complexity index is 583. The predicted molar refractivity (Wildman–Crippen MR) is 71.9 cm³/mol. The van der Waals surface area contributed by atoms with E-state index in [1.54, 1.807) is 6.33 Å². The summed E-state index contributed by atoms with van der Waals surface area (Å²) in [4.78, 5) is 13.2. The lowest BCUT2D eigenvalue weighted by Crippen LogP contribution is -2.10. The smallest absolute Gasteiger partial charge is 0.146 e. The molecule has 0 saturated carbocycles. The fourth-order valence-corrected chi connectivity index (χ4v) is 1.74. The van der Waals surface area contributed by atoms with Crippen LogP contribution in [0.25, 0.3) is 5.82 Å². The molecule has 2 aromatic heterocycles. The van der Waals surface area contributed by atoms with E-state index in [-0.39, 0.29) is 5.92 Å². The van der Waals surface area contributed by atoms with Gasteiger partial charge in [0, 0.05) is 17.2 Å². The average Bonchev–Trinajstić information content (AvgIpc) is 2.63. The van der Waals surface area contributed by atoms with Gasteiger partial charge in [-0.2, -0.15) is 0 Å².